The molecule has 0 aliphatic heterocycles. The van der Waals surface area contributed by atoms with Crippen molar-refractivity contribution < 1.29 is 19.4 Å². The third kappa shape index (κ3) is 8.19. The second-order valence-electron chi connectivity index (χ2n) is 5.46. The molecule has 0 heterocycles. The van der Waals surface area contributed by atoms with Crippen molar-refractivity contribution in [2.75, 3.05) is 19.8 Å². The largest absolute Gasteiger partial charge is 0.480 e. The molecule has 0 bridgehead atoms. The zero-order valence-corrected chi connectivity index (χ0v) is 14.0. The first-order valence-corrected chi connectivity index (χ1v) is 8.06. The molecule has 132 valence electrons. The van der Waals surface area contributed by atoms with Crippen LogP contribution in [-0.4, -0.2) is 36.9 Å². The van der Waals surface area contributed by atoms with E-state index in [1.165, 1.54) is 0 Å². The highest BCUT2D eigenvalue weighted by atomic mass is 16.5. The maximum absolute atomic E-state index is 10.6. The Morgan fingerprint density at radius 2 is 1.36 bits per heavy atom. The van der Waals surface area contributed by atoms with E-state index in [0.29, 0.717) is 26.4 Å². The molecule has 2 rings (SSSR count). The number of hydrogen-bond acceptors (Lipinski definition) is 5. The summed E-state index contributed by atoms with van der Waals surface area (Å²) in [4.78, 5) is 10.6. The first-order chi connectivity index (χ1) is 12.2. The number of ether oxygens (including phenoxy) is 2. The van der Waals surface area contributed by atoms with Gasteiger partial charge in [0.1, 0.15) is 6.04 Å². The molecular formula is C19H22N2O4. The number of benzene rings is 2. The molecule has 0 unspecified atom stereocenters. The van der Waals surface area contributed by atoms with Gasteiger partial charge in [-0.1, -0.05) is 60.7 Å². The van der Waals surface area contributed by atoms with Crippen LogP contribution in [0, 0.1) is 0 Å². The van der Waals surface area contributed by atoms with Crippen LogP contribution in [0.4, 0.5) is 0 Å². The van der Waals surface area contributed by atoms with Crippen LogP contribution in [0.2, 0.25) is 0 Å². The summed E-state index contributed by atoms with van der Waals surface area (Å²) in [6.07, 6.45) is 0. The van der Waals surface area contributed by atoms with Crippen LogP contribution in [0.25, 0.3) is 0 Å². The zero-order chi connectivity index (χ0) is 17.7. The highest BCUT2D eigenvalue weighted by Gasteiger charge is 2.09. The molecule has 0 saturated carbocycles. The van der Waals surface area contributed by atoms with Gasteiger partial charge in [-0.05, 0) is 11.1 Å². The molecule has 1 N–H and O–H groups in total. The molecule has 2 aromatic carbocycles. The molecule has 0 fully saturated rings. The minimum atomic E-state index is -1.02. The van der Waals surface area contributed by atoms with E-state index in [9.17, 15) is 4.79 Å². The molecule has 0 saturated heterocycles. The van der Waals surface area contributed by atoms with Crippen molar-refractivity contribution >= 4 is 5.97 Å². The minimum absolute atomic E-state index is 0.312. The number of carboxylic acid groups (broad SMARTS) is 1. The lowest BCUT2D eigenvalue weighted by Crippen LogP contribution is -2.20. The average Bonchev–Trinajstić information content (AvgIpc) is 2.63. The van der Waals surface area contributed by atoms with Gasteiger partial charge in [-0.15, -0.1) is 0 Å². The molecule has 6 heteroatoms. The predicted molar refractivity (Wildman–Crippen MR) is 93.3 cm³/mol. The molecule has 0 aromatic heterocycles. The second kappa shape index (κ2) is 11.1. The average molecular weight is 342 g/mol. The fraction of sp³-hybridized carbons (Fsp3) is 0.316. The molecule has 0 amide bonds. The maximum atomic E-state index is 10.6. The Hall–Kier alpha value is -2.57. The van der Waals surface area contributed by atoms with Crippen molar-refractivity contribution in [2.24, 2.45) is 10.2 Å². The van der Waals surface area contributed by atoms with Gasteiger partial charge in [-0.3, -0.25) is 4.79 Å². The Kier molecular flexibility index (Phi) is 8.31. The Bertz CT molecular complexity index is 601. The number of azo groups is 1. The van der Waals surface area contributed by atoms with E-state index in [2.05, 4.69) is 10.2 Å². The van der Waals surface area contributed by atoms with Crippen LogP contribution in [0.15, 0.2) is 70.9 Å². The third-order valence-corrected chi connectivity index (χ3v) is 3.29. The van der Waals surface area contributed by atoms with E-state index in [-0.39, 0.29) is 12.6 Å². The first kappa shape index (κ1) is 18.8. The smallest absolute Gasteiger partial charge is 0.327 e. The number of carboxylic acids is 1. The third-order valence-electron chi connectivity index (χ3n) is 3.29. The van der Waals surface area contributed by atoms with Gasteiger partial charge in [0.2, 0.25) is 0 Å². The van der Waals surface area contributed by atoms with Gasteiger partial charge in [0.15, 0.2) is 6.54 Å². The quantitative estimate of drug-likeness (QED) is 0.635. The zero-order valence-electron chi connectivity index (χ0n) is 14.0. The van der Waals surface area contributed by atoms with Crippen LogP contribution in [-0.2, 0) is 27.5 Å². The minimum Gasteiger partial charge on any atom is -0.480 e. The fourth-order valence-corrected chi connectivity index (χ4v) is 2.11. The molecule has 0 radical (unpaired) electrons. The second-order valence-corrected chi connectivity index (χ2v) is 5.46. The summed E-state index contributed by atoms with van der Waals surface area (Å²) in [6, 6.07) is 19.3. The lowest BCUT2D eigenvalue weighted by Gasteiger charge is -2.13. The Labute approximate surface area is 147 Å². The van der Waals surface area contributed by atoms with Gasteiger partial charge in [0.05, 0.1) is 26.4 Å². The summed E-state index contributed by atoms with van der Waals surface area (Å²) in [6.45, 7) is 1.20. The molecular weight excluding hydrogens is 320 g/mol. The lowest BCUT2D eigenvalue weighted by atomic mass is 10.2. The number of hydrogen-bond donors (Lipinski definition) is 1. The number of nitrogens with zero attached hydrogens (tertiary/aromatic N) is 2. The van der Waals surface area contributed by atoms with E-state index in [0.717, 1.165) is 11.1 Å². The Morgan fingerprint density at radius 3 is 1.80 bits per heavy atom. The molecule has 0 aliphatic rings. The summed E-state index contributed by atoms with van der Waals surface area (Å²) < 4.78 is 11.3. The summed E-state index contributed by atoms with van der Waals surface area (Å²) >= 11 is 0. The summed E-state index contributed by atoms with van der Waals surface area (Å²) in [5.41, 5.74) is 2.13. The normalized spacial score (nSPS) is 11.2. The highest BCUT2D eigenvalue weighted by molar-refractivity contribution is 5.69. The van der Waals surface area contributed by atoms with Crippen LogP contribution in [0.5, 0.6) is 0 Å². The van der Waals surface area contributed by atoms with Crippen LogP contribution >= 0.6 is 0 Å². The highest BCUT2D eigenvalue weighted by Crippen LogP contribution is 2.05. The van der Waals surface area contributed by atoms with E-state index < -0.39 is 5.97 Å². The van der Waals surface area contributed by atoms with Gasteiger partial charge < -0.3 is 14.6 Å². The number of carbonyl (C=O) groups is 1. The van der Waals surface area contributed by atoms with Gasteiger partial charge >= 0.3 is 5.97 Å². The van der Waals surface area contributed by atoms with Crippen LogP contribution in [0.3, 0.4) is 0 Å². The summed E-state index contributed by atoms with van der Waals surface area (Å²) in [7, 11) is 0. The summed E-state index contributed by atoms with van der Waals surface area (Å²) in [5, 5.41) is 16.4. The molecule has 0 atom stereocenters. The number of aliphatic carboxylic acids is 1. The van der Waals surface area contributed by atoms with Crippen molar-refractivity contribution in [3.8, 4) is 0 Å². The molecule has 25 heavy (non-hydrogen) atoms. The first-order valence-electron chi connectivity index (χ1n) is 8.06. The van der Waals surface area contributed by atoms with Crippen molar-refractivity contribution in [1.29, 1.82) is 0 Å². The summed E-state index contributed by atoms with van der Waals surface area (Å²) in [5.74, 6) is -1.02. The van der Waals surface area contributed by atoms with Crippen molar-refractivity contribution in [2.45, 2.75) is 19.3 Å². The predicted octanol–water partition coefficient (Wildman–Crippen LogP) is 3.33. The molecule has 2 aromatic rings. The molecule has 0 spiro atoms. The Morgan fingerprint density at radius 1 is 0.880 bits per heavy atom. The van der Waals surface area contributed by atoms with Gasteiger partial charge in [0, 0.05) is 0 Å². The molecule has 0 aliphatic carbocycles. The Balaban J connectivity index is 1.79. The molecule has 6 nitrogen and oxygen atoms in total. The van der Waals surface area contributed by atoms with Crippen molar-refractivity contribution in [3.05, 3.63) is 71.8 Å². The van der Waals surface area contributed by atoms with Crippen LogP contribution in [0.1, 0.15) is 11.1 Å². The standard InChI is InChI=1S/C19H22N2O4/c22-19(23)11-20-21-18(14-24-12-16-7-3-1-4-8-16)15-25-13-17-9-5-2-6-10-17/h1-10,18H,11-15H2,(H,22,23). The van der Waals surface area contributed by atoms with E-state index in [4.69, 9.17) is 14.6 Å². The van der Waals surface area contributed by atoms with Gasteiger partial charge in [-0.25, -0.2) is 0 Å². The van der Waals surface area contributed by atoms with Gasteiger partial charge in [0.25, 0.3) is 0 Å². The monoisotopic (exact) mass is 342 g/mol. The maximum Gasteiger partial charge on any atom is 0.327 e. The van der Waals surface area contributed by atoms with Crippen LogP contribution < -0.4 is 0 Å². The SMILES string of the molecule is O=C(O)CN=NC(COCc1ccccc1)COCc1ccccc1. The van der Waals surface area contributed by atoms with Gasteiger partial charge in [-0.2, -0.15) is 10.2 Å². The lowest BCUT2D eigenvalue weighted by molar-refractivity contribution is -0.135. The van der Waals surface area contributed by atoms with Crippen molar-refractivity contribution in [3.63, 3.8) is 0 Å². The van der Waals surface area contributed by atoms with E-state index >= 15 is 0 Å². The topological polar surface area (TPSA) is 80.5 Å². The number of rotatable bonds is 11. The van der Waals surface area contributed by atoms with E-state index in [1.807, 2.05) is 60.7 Å². The fourth-order valence-electron chi connectivity index (χ4n) is 2.11. The van der Waals surface area contributed by atoms with E-state index in [1.54, 1.807) is 0 Å². The van der Waals surface area contributed by atoms with Crippen molar-refractivity contribution in [1.82, 2.24) is 0 Å².